The monoisotopic (exact) mass is 691 g/mol. The minimum Gasteiger partial charge on any atom is -0.255 e. The van der Waals surface area contributed by atoms with Gasteiger partial charge in [-0.25, -0.2) is 15.0 Å². The summed E-state index contributed by atoms with van der Waals surface area (Å²) in [5.41, 5.74) is 14.4. The molecule has 0 aliphatic carbocycles. The molecule has 0 fully saturated rings. The van der Waals surface area contributed by atoms with E-state index in [1.165, 1.54) is 0 Å². The molecule has 0 saturated heterocycles. The molecule has 0 spiro atoms. The van der Waals surface area contributed by atoms with Crippen LogP contribution in [-0.2, 0) is 0 Å². The molecule has 0 N–H and O–H groups in total. The second kappa shape index (κ2) is 14.7. The van der Waals surface area contributed by atoms with E-state index in [1.807, 2.05) is 66.9 Å². The Morgan fingerprint density at radius 1 is 0.241 bits per heavy atom. The minimum atomic E-state index is 0.675. The molecule has 54 heavy (non-hydrogen) atoms. The van der Waals surface area contributed by atoms with Crippen LogP contribution in [0.3, 0.4) is 0 Å². The van der Waals surface area contributed by atoms with Gasteiger partial charge in [0.05, 0.1) is 34.2 Å². The second-order valence-corrected chi connectivity index (χ2v) is 13.0. The lowest BCUT2D eigenvalue weighted by atomic mass is 9.93. The van der Waals surface area contributed by atoms with Gasteiger partial charge in [0.1, 0.15) is 0 Å². The fraction of sp³-hybridized carbons (Fsp3) is 0. The molecule has 0 aliphatic rings. The van der Waals surface area contributed by atoms with E-state index in [-0.39, 0.29) is 0 Å². The molecule has 0 unspecified atom stereocenters. The highest BCUT2D eigenvalue weighted by Crippen LogP contribution is 2.36. The molecule has 0 atom stereocenters. The van der Waals surface area contributed by atoms with Crippen molar-refractivity contribution in [1.82, 2.24) is 24.9 Å². The summed E-state index contributed by atoms with van der Waals surface area (Å²) >= 11 is 0. The summed E-state index contributed by atoms with van der Waals surface area (Å²) in [6.45, 7) is 0. The molecule has 4 heterocycles. The van der Waals surface area contributed by atoms with E-state index in [2.05, 4.69) is 132 Å². The number of hydrogen-bond acceptors (Lipinski definition) is 5. The number of pyridine rings is 3. The number of rotatable bonds is 8. The highest BCUT2D eigenvalue weighted by Gasteiger charge is 2.15. The van der Waals surface area contributed by atoms with Gasteiger partial charge in [0.25, 0.3) is 0 Å². The van der Waals surface area contributed by atoms with Gasteiger partial charge in [-0.2, -0.15) is 0 Å². The molecule has 5 heteroatoms. The maximum absolute atomic E-state index is 5.09. The molecule has 9 aromatic rings. The molecular weight excluding hydrogens is 659 g/mol. The quantitative estimate of drug-likeness (QED) is 0.159. The summed E-state index contributed by atoms with van der Waals surface area (Å²) < 4.78 is 0. The first-order valence-corrected chi connectivity index (χ1v) is 17.9. The van der Waals surface area contributed by atoms with Crippen LogP contribution in [0.1, 0.15) is 0 Å². The van der Waals surface area contributed by atoms with Gasteiger partial charge in [-0.15, -0.1) is 0 Å². The Bertz CT molecular complexity index is 2390. The lowest BCUT2D eigenvalue weighted by Crippen LogP contribution is -1.96. The maximum Gasteiger partial charge on any atom is 0.160 e. The lowest BCUT2D eigenvalue weighted by molar-refractivity contribution is 1.18. The molecule has 0 saturated carbocycles. The molecule has 5 nitrogen and oxygen atoms in total. The summed E-state index contributed by atoms with van der Waals surface area (Å²) in [5, 5.41) is 0. The molecular formula is C49H33N5. The predicted octanol–water partition coefficient (Wildman–Crippen LogP) is 12.0. The number of nitrogens with zero attached hydrogens (tertiary/aromatic N) is 5. The van der Waals surface area contributed by atoms with Crippen molar-refractivity contribution in [2.75, 3.05) is 0 Å². The largest absolute Gasteiger partial charge is 0.255 e. The van der Waals surface area contributed by atoms with Gasteiger partial charge in [0, 0.05) is 29.1 Å². The average molecular weight is 692 g/mol. The van der Waals surface area contributed by atoms with E-state index in [9.17, 15) is 0 Å². The molecule has 9 rings (SSSR count). The Hall–Kier alpha value is -7.37. The van der Waals surface area contributed by atoms with Crippen LogP contribution in [0.5, 0.6) is 0 Å². The maximum atomic E-state index is 5.09. The van der Waals surface area contributed by atoms with Crippen molar-refractivity contribution < 1.29 is 0 Å². The Labute approximate surface area is 314 Å². The molecule has 0 aliphatic heterocycles. The van der Waals surface area contributed by atoms with Gasteiger partial charge in [-0.1, -0.05) is 140 Å². The summed E-state index contributed by atoms with van der Waals surface area (Å²) in [6, 6.07) is 64.2. The van der Waals surface area contributed by atoms with Gasteiger partial charge >= 0.3 is 0 Å². The van der Waals surface area contributed by atoms with Crippen LogP contribution in [0.4, 0.5) is 0 Å². The summed E-state index contributed by atoms with van der Waals surface area (Å²) in [7, 11) is 0. The first kappa shape index (κ1) is 32.5. The summed E-state index contributed by atoms with van der Waals surface area (Å²) in [5.74, 6) is 0.675. The van der Waals surface area contributed by atoms with Crippen molar-refractivity contribution in [2.24, 2.45) is 0 Å². The first-order valence-electron chi connectivity index (χ1n) is 17.9. The zero-order valence-corrected chi connectivity index (χ0v) is 29.3. The molecule has 5 aromatic carbocycles. The van der Waals surface area contributed by atoms with E-state index < -0.39 is 0 Å². The highest BCUT2D eigenvalue weighted by atomic mass is 14.9. The third kappa shape index (κ3) is 6.82. The van der Waals surface area contributed by atoms with Gasteiger partial charge in [0.15, 0.2) is 5.82 Å². The van der Waals surface area contributed by atoms with Crippen molar-refractivity contribution in [2.45, 2.75) is 0 Å². The second-order valence-electron chi connectivity index (χ2n) is 13.0. The number of aromatic nitrogens is 5. The van der Waals surface area contributed by atoms with Crippen LogP contribution < -0.4 is 0 Å². The van der Waals surface area contributed by atoms with Gasteiger partial charge < -0.3 is 0 Å². The smallest absolute Gasteiger partial charge is 0.160 e. The van der Waals surface area contributed by atoms with Crippen LogP contribution in [0.2, 0.25) is 0 Å². The Balaban J connectivity index is 1.12. The van der Waals surface area contributed by atoms with E-state index in [0.29, 0.717) is 5.82 Å². The van der Waals surface area contributed by atoms with Gasteiger partial charge in [-0.05, 0) is 81.9 Å². The van der Waals surface area contributed by atoms with Crippen LogP contribution >= 0.6 is 0 Å². The lowest BCUT2D eigenvalue weighted by Gasteiger charge is -2.14. The molecule has 0 radical (unpaired) electrons. The zero-order chi connectivity index (χ0) is 36.1. The predicted molar refractivity (Wildman–Crippen MR) is 219 cm³/mol. The number of hydrogen-bond donors (Lipinski definition) is 0. The standard InChI is InChI=1S/C49H33N5/c1-4-15-34(16-5-1)40-31-47(43-25-12-13-27-50-43)52-48(32-40)46-30-38(26-28-51-46)42-24-11-10-23-41(42)37-21-14-22-39(29-37)49-53-44(35-17-6-2-7-18-35)33-45(54-49)36-19-8-3-9-20-36/h1-33H. The van der Waals surface area contributed by atoms with Crippen LogP contribution in [0, 0.1) is 0 Å². The normalized spacial score (nSPS) is 11.0. The third-order valence-electron chi connectivity index (χ3n) is 9.42. The van der Waals surface area contributed by atoms with E-state index in [4.69, 9.17) is 19.9 Å². The molecule has 254 valence electrons. The fourth-order valence-electron chi connectivity index (χ4n) is 6.75. The average Bonchev–Trinajstić information content (AvgIpc) is 3.27. The van der Waals surface area contributed by atoms with Crippen molar-refractivity contribution in [1.29, 1.82) is 0 Å². The highest BCUT2D eigenvalue weighted by molar-refractivity contribution is 5.86. The zero-order valence-electron chi connectivity index (χ0n) is 29.3. The van der Waals surface area contributed by atoms with Crippen LogP contribution in [0.15, 0.2) is 200 Å². The summed E-state index contributed by atoms with van der Waals surface area (Å²) in [6.07, 6.45) is 3.66. The molecule has 0 bridgehead atoms. The van der Waals surface area contributed by atoms with Gasteiger partial charge in [-0.3, -0.25) is 9.97 Å². The first-order chi connectivity index (χ1) is 26.7. The van der Waals surface area contributed by atoms with Crippen molar-refractivity contribution in [3.05, 3.63) is 200 Å². The summed E-state index contributed by atoms with van der Waals surface area (Å²) in [4.78, 5) is 24.7. The third-order valence-corrected chi connectivity index (χ3v) is 9.42. The van der Waals surface area contributed by atoms with Crippen molar-refractivity contribution in [3.63, 3.8) is 0 Å². The van der Waals surface area contributed by atoms with E-state index >= 15 is 0 Å². The number of benzene rings is 5. The fourth-order valence-corrected chi connectivity index (χ4v) is 6.75. The minimum absolute atomic E-state index is 0.675. The van der Waals surface area contributed by atoms with Gasteiger partial charge in [0.2, 0.25) is 0 Å². The van der Waals surface area contributed by atoms with Crippen LogP contribution in [0.25, 0.3) is 90.1 Å². The Morgan fingerprint density at radius 3 is 1.37 bits per heavy atom. The Morgan fingerprint density at radius 2 is 0.741 bits per heavy atom. The van der Waals surface area contributed by atoms with Crippen molar-refractivity contribution in [3.8, 4) is 90.1 Å². The van der Waals surface area contributed by atoms with E-state index in [0.717, 1.165) is 84.2 Å². The van der Waals surface area contributed by atoms with Crippen molar-refractivity contribution >= 4 is 0 Å². The Kier molecular flexibility index (Phi) is 8.86. The topological polar surface area (TPSA) is 64.5 Å². The molecule has 4 aromatic heterocycles. The van der Waals surface area contributed by atoms with Crippen LogP contribution in [-0.4, -0.2) is 24.9 Å². The van der Waals surface area contributed by atoms with E-state index in [1.54, 1.807) is 6.20 Å². The SMILES string of the molecule is c1ccc(-c2cc(-c3ccccn3)nc(-c3cc(-c4ccccc4-c4cccc(-c5nc(-c6ccccc6)cc(-c6ccccc6)n5)c4)ccn3)c2)cc1. The molecule has 0 amide bonds.